The molecule has 2 nitrogen and oxygen atoms in total. The molecule has 0 aliphatic carbocycles. The van der Waals surface area contributed by atoms with Crippen LogP contribution in [0.5, 0.6) is 0 Å². The van der Waals surface area contributed by atoms with Gasteiger partial charge in [0.25, 0.3) is 0 Å². The smallest absolute Gasteiger partial charge is 0.222 e. The highest BCUT2D eigenvalue weighted by atomic mass is 16.2. The first-order chi connectivity index (χ1) is 11.8. The summed E-state index contributed by atoms with van der Waals surface area (Å²) in [5.41, 5.74) is 0. The van der Waals surface area contributed by atoms with E-state index in [1.165, 1.54) is 89.9 Å². The van der Waals surface area contributed by atoms with Crippen molar-refractivity contribution in [1.29, 1.82) is 0 Å². The number of nitrogens with zero attached hydrogens (tertiary/aromatic N) is 1. The minimum Gasteiger partial charge on any atom is -0.343 e. The number of unbranched alkanes of at least 4 members (excludes halogenated alkanes) is 11. The number of likely N-dealkylation sites (tertiary alicyclic amines) is 1. The van der Waals surface area contributed by atoms with Crippen LogP contribution in [-0.4, -0.2) is 23.9 Å². The van der Waals surface area contributed by atoms with Gasteiger partial charge in [-0.15, -0.1) is 0 Å². The molecule has 0 spiro atoms. The Hall–Kier alpha value is -0.790. The molecule has 0 unspecified atom stereocenters. The Morgan fingerprint density at radius 3 is 1.83 bits per heavy atom. The second-order valence-electron chi connectivity index (χ2n) is 7.42. The van der Waals surface area contributed by atoms with Crippen molar-refractivity contribution in [3.63, 3.8) is 0 Å². The van der Waals surface area contributed by atoms with E-state index in [2.05, 4.69) is 24.0 Å². The maximum atomic E-state index is 11.9. The summed E-state index contributed by atoms with van der Waals surface area (Å²) in [5.74, 6) is 0.398. The van der Waals surface area contributed by atoms with Crippen LogP contribution in [0, 0.1) is 0 Å². The predicted molar refractivity (Wildman–Crippen MR) is 105 cm³/mol. The number of hydrogen-bond acceptors (Lipinski definition) is 1. The lowest BCUT2D eigenvalue weighted by atomic mass is 10.1. The average molecular weight is 336 g/mol. The van der Waals surface area contributed by atoms with Crippen molar-refractivity contribution in [2.45, 2.75) is 110 Å². The molecular weight excluding hydrogens is 294 g/mol. The van der Waals surface area contributed by atoms with Gasteiger partial charge >= 0.3 is 0 Å². The Morgan fingerprint density at radius 2 is 1.25 bits per heavy atom. The molecule has 0 aromatic carbocycles. The largest absolute Gasteiger partial charge is 0.343 e. The number of rotatable bonds is 15. The minimum absolute atomic E-state index is 0.398. The van der Waals surface area contributed by atoms with Crippen molar-refractivity contribution in [3.8, 4) is 0 Å². The van der Waals surface area contributed by atoms with Gasteiger partial charge in [0, 0.05) is 19.5 Å². The molecule has 1 rings (SSSR count). The van der Waals surface area contributed by atoms with Crippen LogP contribution in [0.4, 0.5) is 0 Å². The lowest BCUT2D eigenvalue weighted by molar-refractivity contribution is -0.130. The van der Waals surface area contributed by atoms with Gasteiger partial charge in [0.15, 0.2) is 0 Å². The molecule has 140 valence electrons. The Bertz CT molecular complexity index is 318. The van der Waals surface area contributed by atoms with Gasteiger partial charge < -0.3 is 4.90 Å². The molecule has 1 aliphatic rings. The quantitative estimate of drug-likeness (QED) is 0.242. The molecular formula is C22H41NO. The number of carbonyl (C=O) groups excluding carboxylic acids is 1. The molecule has 1 heterocycles. The zero-order valence-electron chi connectivity index (χ0n) is 16.2. The van der Waals surface area contributed by atoms with Gasteiger partial charge in [0.05, 0.1) is 0 Å². The van der Waals surface area contributed by atoms with E-state index in [0.29, 0.717) is 5.91 Å². The molecule has 1 saturated heterocycles. The van der Waals surface area contributed by atoms with Crippen molar-refractivity contribution < 1.29 is 4.79 Å². The van der Waals surface area contributed by atoms with E-state index in [-0.39, 0.29) is 0 Å². The lowest BCUT2D eigenvalue weighted by Gasteiger charge is -2.14. The number of carbonyl (C=O) groups is 1. The van der Waals surface area contributed by atoms with Gasteiger partial charge in [-0.3, -0.25) is 4.79 Å². The Balaban J connectivity index is 1.75. The van der Waals surface area contributed by atoms with Gasteiger partial charge in [-0.1, -0.05) is 70.4 Å². The summed E-state index contributed by atoms with van der Waals surface area (Å²) in [7, 11) is 0. The van der Waals surface area contributed by atoms with Crippen molar-refractivity contribution in [1.82, 2.24) is 4.90 Å². The maximum absolute atomic E-state index is 11.9. The molecule has 24 heavy (non-hydrogen) atoms. The van der Waals surface area contributed by atoms with Crippen LogP contribution in [0.2, 0.25) is 0 Å². The fourth-order valence-electron chi connectivity index (χ4n) is 3.47. The van der Waals surface area contributed by atoms with Crippen LogP contribution in [-0.2, 0) is 4.79 Å². The molecule has 1 aliphatic heterocycles. The third-order valence-corrected chi connectivity index (χ3v) is 5.11. The highest BCUT2D eigenvalue weighted by molar-refractivity contribution is 5.76. The van der Waals surface area contributed by atoms with E-state index in [4.69, 9.17) is 0 Å². The van der Waals surface area contributed by atoms with E-state index in [1.54, 1.807) is 0 Å². The summed E-state index contributed by atoms with van der Waals surface area (Å²) in [4.78, 5) is 14.0. The normalized spacial score (nSPS) is 14.8. The van der Waals surface area contributed by atoms with Gasteiger partial charge in [0.1, 0.15) is 0 Å². The minimum atomic E-state index is 0.398. The summed E-state index contributed by atoms with van der Waals surface area (Å²) in [6.07, 6.45) is 25.0. The zero-order valence-corrected chi connectivity index (χ0v) is 16.2. The average Bonchev–Trinajstić information content (AvgIpc) is 3.13. The molecule has 1 fully saturated rings. The van der Waals surface area contributed by atoms with Crippen molar-refractivity contribution in [2.24, 2.45) is 0 Å². The van der Waals surface area contributed by atoms with Gasteiger partial charge in [-0.25, -0.2) is 0 Å². The summed E-state index contributed by atoms with van der Waals surface area (Å²) < 4.78 is 0. The summed E-state index contributed by atoms with van der Waals surface area (Å²) >= 11 is 0. The zero-order chi connectivity index (χ0) is 17.3. The first-order valence-electron chi connectivity index (χ1n) is 10.8. The van der Waals surface area contributed by atoms with Crippen molar-refractivity contribution in [3.05, 3.63) is 12.2 Å². The topological polar surface area (TPSA) is 20.3 Å². The molecule has 2 heteroatoms. The highest BCUT2D eigenvalue weighted by Gasteiger charge is 2.16. The van der Waals surface area contributed by atoms with E-state index >= 15 is 0 Å². The molecule has 0 saturated carbocycles. The standard InChI is InChI=1S/C22H41NO/c1-2-3-4-5-6-7-8-9-10-11-12-13-14-15-16-19-22(24)23-20-17-18-21-23/h6-7H,2-5,8-21H2,1H3/b7-6+. The SMILES string of the molecule is CCCCC/C=C/CCCCCCCCCCC(=O)N1CCCC1. The van der Waals surface area contributed by atoms with Crippen LogP contribution in [0.15, 0.2) is 12.2 Å². The monoisotopic (exact) mass is 335 g/mol. The van der Waals surface area contributed by atoms with Crippen molar-refractivity contribution >= 4 is 5.91 Å². The Morgan fingerprint density at radius 1 is 0.750 bits per heavy atom. The Labute approximate surface area is 151 Å². The summed E-state index contributed by atoms with van der Waals surface area (Å²) in [6.45, 7) is 4.28. The van der Waals surface area contributed by atoms with Crippen LogP contribution < -0.4 is 0 Å². The second kappa shape index (κ2) is 15.7. The fraction of sp³-hybridized carbons (Fsp3) is 0.864. The third kappa shape index (κ3) is 11.7. The molecule has 1 amide bonds. The Kier molecular flexibility index (Phi) is 13.9. The van der Waals surface area contributed by atoms with Gasteiger partial charge in [-0.2, -0.15) is 0 Å². The lowest BCUT2D eigenvalue weighted by Crippen LogP contribution is -2.27. The maximum Gasteiger partial charge on any atom is 0.222 e. The van der Waals surface area contributed by atoms with Crippen LogP contribution in [0.1, 0.15) is 110 Å². The first kappa shape index (κ1) is 21.3. The van der Waals surface area contributed by atoms with Crippen LogP contribution in [0.3, 0.4) is 0 Å². The molecule has 0 bridgehead atoms. The molecule has 0 radical (unpaired) electrons. The second-order valence-corrected chi connectivity index (χ2v) is 7.42. The highest BCUT2D eigenvalue weighted by Crippen LogP contribution is 2.14. The third-order valence-electron chi connectivity index (χ3n) is 5.11. The van der Waals surface area contributed by atoms with Crippen molar-refractivity contribution in [2.75, 3.05) is 13.1 Å². The first-order valence-corrected chi connectivity index (χ1v) is 10.8. The molecule has 0 aromatic rings. The van der Waals surface area contributed by atoms with E-state index in [9.17, 15) is 4.79 Å². The summed E-state index contributed by atoms with van der Waals surface area (Å²) in [6, 6.07) is 0. The van der Waals surface area contributed by atoms with Gasteiger partial charge in [0.2, 0.25) is 5.91 Å². The van der Waals surface area contributed by atoms with E-state index < -0.39 is 0 Å². The molecule has 0 atom stereocenters. The molecule has 0 aromatic heterocycles. The summed E-state index contributed by atoms with van der Waals surface area (Å²) in [5, 5.41) is 0. The van der Waals surface area contributed by atoms with Gasteiger partial charge in [-0.05, 0) is 44.9 Å². The van der Waals surface area contributed by atoms with E-state index in [0.717, 1.165) is 25.9 Å². The van der Waals surface area contributed by atoms with Crippen LogP contribution in [0.25, 0.3) is 0 Å². The molecule has 0 N–H and O–H groups in total. The number of allylic oxidation sites excluding steroid dienone is 2. The van der Waals surface area contributed by atoms with E-state index in [1.807, 2.05) is 0 Å². The number of amides is 1. The number of hydrogen-bond donors (Lipinski definition) is 0. The fourth-order valence-corrected chi connectivity index (χ4v) is 3.47. The predicted octanol–water partition coefficient (Wildman–Crippen LogP) is 6.65. The van der Waals surface area contributed by atoms with Crippen LogP contribution >= 0.6 is 0 Å².